The molecule has 3 aromatic rings. The third-order valence-electron chi connectivity index (χ3n) is 5.80. The number of hydrogen-bond acceptors (Lipinski definition) is 4. The average molecular weight is 431 g/mol. The van der Waals surface area contributed by atoms with Crippen molar-refractivity contribution in [2.45, 2.75) is 45.8 Å². The molecule has 32 heavy (non-hydrogen) atoms. The maximum Gasteiger partial charge on any atom is 0.251 e. The molecule has 0 bridgehead atoms. The first-order valence-corrected chi connectivity index (χ1v) is 11.2. The molecular weight excluding hydrogens is 400 g/mol. The number of benzene rings is 2. The van der Waals surface area contributed by atoms with E-state index in [0.29, 0.717) is 17.9 Å². The summed E-state index contributed by atoms with van der Waals surface area (Å²) < 4.78 is 11.7. The van der Waals surface area contributed by atoms with Gasteiger partial charge in [-0.05, 0) is 74.6 Å². The van der Waals surface area contributed by atoms with Crippen molar-refractivity contribution < 1.29 is 14.3 Å². The van der Waals surface area contributed by atoms with Gasteiger partial charge in [-0.25, -0.2) is 0 Å². The lowest BCUT2D eigenvalue weighted by atomic mass is 10.0. The molecule has 0 spiro atoms. The van der Waals surface area contributed by atoms with Crippen molar-refractivity contribution in [3.63, 3.8) is 0 Å². The number of aryl methyl sites for hydroxylation is 2. The van der Waals surface area contributed by atoms with Gasteiger partial charge in [0.2, 0.25) is 0 Å². The minimum Gasteiger partial charge on any atom is -0.491 e. The SMILES string of the molecule is Cc1ccc(-c2cc(OCC3CCCO3)cc(C(=O)N[C@H](C)c3ccc(C)nc3)c2)cc1. The molecule has 1 aromatic heterocycles. The fourth-order valence-electron chi connectivity index (χ4n) is 3.79. The number of nitrogens with one attached hydrogen (secondary N) is 1. The fraction of sp³-hybridized carbons (Fsp3) is 0.333. The monoisotopic (exact) mass is 430 g/mol. The Balaban J connectivity index is 1.57. The molecule has 2 heterocycles. The van der Waals surface area contributed by atoms with Crippen LogP contribution in [0.2, 0.25) is 0 Å². The first kappa shape index (κ1) is 22.0. The van der Waals surface area contributed by atoms with Crippen LogP contribution in [0.25, 0.3) is 11.1 Å². The van der Waals surface area contributed by atoms with E-state index in [9.17, 15) is 4.79 Å². The molecule has 2 atom stereocenters. The number of amides is 1. The van der Waals surface area contributed by atoms with Crippen LogP contribution in [0, 0.1) is 13.8 Å². The first-order valence-electron chi connectivity index (χ1n) is 11.2. The molecular formula is C27H30N2O3. The van der Waals surface area contributed by atoms with Gasteiger partial charge in [0, 0.05) is 24.1 Å². The van der Waals surface area contributed by atoms with E-state index < -0.39 is 0 Å². The molecule has 1 saturated heterocycles. The zero-order valence-corrected chi connectivity index (χ0v) is 18.9. The summed E-state index contributed by atoms with van der Waals surface area (Å²) in [6.07, 6.45) is 3.99. The third kappa shape index (κ3) is 5.54. The summed E-state index contributed by atoms with van der Waals surface area (Å²) >= 11 is 0. The second kappa shape index (κ2) is 9.96. The predicted octanol–water partition coefficient (Wildman–Crippen LogP) is 5.41. The highest BCUT2D eigenvalue weighted by molar-refractivity contribution is 5.96. The molecule has 1 aliphatic heterocycles. The van der Waals surface area contributed by atoms with E-state index in [1.807, 2.05) is 44.2 Å². The Bertz CT molecular complexity index is 1060. The molecule has 4 rings (SSSR count). The highest BCUT2D eigenvalue weighted by Crippen LogP contribution is 2.28. The van der Waals surface area contributed by atoms with Crippen molar-refractivity contribution in [1.29, 1.82) is 0 Å². The molecule has 166 valence electrons. The molecule has 5 nitrogen and oxygen atoms in total. The van der Waals surface area contributed by atoms with Crippen molar-refractivity contribution in [3.05, 3.63) is 83.2 Å². The Morgan fingerprint density at radius 3 is 2.62 bits per heavy atom. The molecule has 1 aliphatic rings. The summed E-state index contributed by atoms with van der Waals surface area (Å²) in [5, 5.41) is 3.08. The summed E-state index contributed by atoms with van der Waals surface area (Å²) in [6.45, 7) is 7.25. The number of carbonyl (C=O) groups excluding carboxylic acids is 1. The number of hydrogen-bond donors (Lipinski definition) is 1. The van der Waals surface area contributed by atoms with Gasteiger partial charge in [0.05, 0.1) is 12.1 Å². The van der Waals surface area contributed by atoms with Gasteiger partial charge in [0.15, 0.2) is 0 Å². The van der Waals surface area contributed by atoms with Crippen LogP contribution in [0.5, 0.6) is 5.75 Å². The molecule has 0 aliphatic carbocycles. The van der Waals surface area contributed by atoms with E-state index in [1.54, 1.807) is 6.20 Å². The maximum absolute atomic E-state index is 13.1. The number of ether oxygens (including phenoxy) is 2. The molecule has 0 saturated carbocycles. The Hall–Kier alpha value is -3.18. The largest absolute Gasteiger partial charge is 0.491 e. The maximum atomic E-state index is 13.1. The number of nitrogens with zero attached hydrogens (tertiary/aromatic N) is 1. The Kier molecular flexibility index (Phi) is 6.86. The van der Waals surface area contributed by atoms with Crippen LogP contribution in [0.15, 0.2) is 60.8 Å². The van der Waals surface area contributed by atoms with Gasteiger partial charge in [0.25, 0.3) is 5.91 Å². The average Bonchev–Trinajstić information content (AvgIpc) is 3.32. The van der Waals surface area contributed by atoms with Gasteiger partial charge in [-0.15, -0.1) is 0 Å². The lowest BCUT2D eigenvalue weighted by molar-refractivity contribution is 0.0679. The minimum absolute atomic E-state index is 0.115. The molecule has 0 radical (unpaired) electrons. The Morgan fingerprint density at radius 1 is 1.12 bits per heavy atom. The van der Waals surface area contributed by atoms with Crippen LogP contribution in [-0.4, -0.2) is 30.2 Å². The van der Waals surface area contributed by atoms with E-state index in [2.05, 4.69) is 41.5 Å². The smallest absolute Gasteiger partial charge is 0.251 e. The van der Waals surface area contributed by atoms with Crippen molar-refractivity contribution in [3.8, 4) is 16.9 Å². The fourth-order valence-corrected chi connectivity index (χ4v) is 3.79. The van der Waals surface area contributed by atoms with Crippen LogP contribution < -0.4 is 10.1 Å². The van der Waals surface area contributed by atoms with Gasteiger partial charge in [-0.1, -0.05) is 35.9 Å². The first-order chi connectivity index (χ1) is 15.5. The lowest BCUT2D eigenvalue weighted by Crippen LogP contribution is -2.27. The number of carbonyl (C=O) groups is 1. The van der Waals surface area contributed by atoms with Crippen molar-refractivity contribution >= 4 is 5.91 Å². The quantitative estimate of drug-likeness (QED) is 0.544. The summed E-state index contributed by atoms with van der Waals surface area (Å²) in [7, 11) is 0. The van der Waals surface area contributed by atoms with Crippen molar-refractivity contribution in [1.82, 2.24) is 10.3 Å². The topological polar surface area (TPSA) is 60.5 Å². The number of rotatable bonds is 7. The summed E-state index contributed by atoms with van der Waals surface area (Å²) in [6, 6.07) is 17.8. The molecule has 2 aromatic carbocycles. The molecule has 1 amide bonds. The van der Waals surface area contributed by atoms with Crippen LogP contribution in [0.3, 0.4) is 0 Å². The molecule has 5 heteroatoms. The number of pyridine rings is 1. The van der Waals surface area contributed by atoms with E-state index in [0.717, 1.165) is 41.8 Å². The van der Waals surface area contributed by atoms with Gasteiger partial charge in [-0.3, -0.25) is 9.78 Å². The normalized spacial score (nSPS) is 16.5. The van der Waals surface area contributed by atoms with Gasteiger partial charge in [0.1, 0.15) is 12.4 Å². The Morgan fingerprint density at radius 2 is 1.94 bits per heavy atom. The summed E-state index contributed by atoms with van der Waals surface area (Å²) in [5.41, 5.74) is 5.67. The highest BCUT2D eigenvalue weighted by atomic mass is 16.5. The highest BCUT2D eigenvalue weighted by Gasteiger charge is 2.18. The standard InChI is InChI=1S/C27H30N2O3/c1-18-6-9-21(10-7-18)23-13-24(15-26(14-23)32-17-25-5-4-12-31-25)27(30)29-20(3)22-11-8-19(2)28-16-22/h6-11,13-16,20,25H,4-5,12,17H2,1-3H3,(H,29,30)/t20-,25?/m1/s1. The Labute approximate surface area is 189 Å². The van der Waals surface area contributed by atoms with Crippen LogP contribution in [-0.2, 0) is 4.74 Å². The molecule has 1 N–H and O–H groups in total. The van der Waals surface area contributed by atoms with Crippen molar-refractivity contribution in [2.75, 3.05) is 13.2 Å². The zero-order chi connectivity index (χ0) is 22.5. The third-order valence-corrected chi connectivity index (χ3v) is 5.80. The van der Waals surface area contributed by atoms with Crippen LogP contribution in [0.1, 0.15) is 53.0 Å². The van der Waals surface area contributed by atoms with E-state index in [1.165, 1.54) is 5.56 Å². The van der Waals surface area contributed by atoms with Crippen LogP contribution in [0.4, 0.5) is 0 Å². The lowest BCUT2D eigenvalue weighted by Gasteiger charge is -2.17. The van der Waals surface area contributed by atoms with Gasteiger partial charge < -0.3 is 14.8 Å². The zero-order valence-electron chi connectivity index (χ0n) is 18.9. The van der Waals surface area contributed by atoms with Crippen LogP contribution >= 0.6 is 0 Å². The summed E-state index contributed by atoms with van der Waals surface area (Å²) in [5.74, 6) is 0.530. The minimum atomic E-state index is -0.158. The number of aromatic nitrogens is 1. The predicted molar refractivity (Wildman–Crippen MR) is 126 cm³/mol. The van der Waals surface area contributed by atoms with Crippen molar-refractivity contribution in [2.24, 2.45) is 0 Å². The molecule has 1 fully saturated rings. The second-order valence-corrected chi connectivity index (χ2v) is 8.49. The van der Waals surface area contributed by atoms with Gasteiger partial charge >= 0.3 is 0 Å². The summed E-state index contributed by atoms with van der Waals surface area (Å²) in [4.78, 5) is 17.5. The van der Waals surface area contributed by atoms with E-state index in [-0.39, 0.29) is 18.1 Å². The van der Waals surface area contributed by atoms with E-state index in [4.69, 9.17) is 9.47 Å². The second-order valence-electron chi connectivity index (χ2n) is 8.49. The van der Waals surface area contributed by atoms with Gasteiger partial charge in [-0.2, -0.15) is 0 Å². The van der Waals surface area contributed by atoms with E-state index >= 15 is 0 Å². The molecule has 1 unspecified atom stereocenters.